The van der Waals surface area contributed by atoms with Crippen LogP contribution in [0.3, 0.4) is 0 Å². The van der Waals surface area contributed by atoms with Gasteiger partial charge in [-0.3, -0.25) is 4.79 Å². The van der Waals surface area contributed by atoms with Gasteiger partial charge in [0.25, 0.3) is 0 Å². The maximum absolute atomic E-state index is 12.9. The van der Waals surface area contributed by atoms with E-state index in [9.17, 15) is 9.18 Å². The number of benzene rings is 1. The van der Waals surface area contributed by atoms with Gasteiger partial charge in [0, 0.05) is 31.1 Å². The van der Waals surface area contributed by atoms with Crippen LogP contribution in [0.1, 0.15) is 30.5 Å². The number of hydrogen-bond acceptors (Lipinski definition) is 1. The Morgan fingerprint density at radius 2 is 1.83 bits per heavy atom. The Morgan fingerprint density at radius 1 is 1.09 bits per heavy atom. The van der Waals surface area contributed by atoms with Gasteiger partial charge in [-0.25, -0.2) is 4.39 Å². The Balaban J connectivity index is 0.00000264. The average molecular weight is 336 g/mol. The van der Waals surface area contributed by atoms with E-state index in [1.165, 1.54) is 12.1 Å². The van der Waals surface area contributed by atoms with Crippen molar-refractivity contribution in [3.63, 3.8) is 0 Å². The Hall–Kier alpha value is -2.20. The van der Waals surface area contributed by atoms with Crippen molar-refractivity contribution in [2.24, 2.45) is 0 Å². The minimum Gasteiger partial charge on any atom is -1.00 e. The van der Waals surface area contributed by atoms with Crippen LogP contribution in [0.5, 0.6) is 0 Å². The van der Waals surface area contributed by atoms with Gasteiger partial charge in [0.2, 0.25) is 5.69 Å². The van der Waals surface area contributed by atoms with Gasteiger partial charge in [0.1, 0.15) is 12.4 Å². The lowest BCUT2D eigenvalue weighted by molar-refractivity contribution is -0.699. The highest BCUT2D eigenvalue weighted by molar-refractivity contribution is 5.67. The second-order valence-corrected chi connectivity index (χ2v) is 5.05. The highest BCUT2D eigenvalue weighted by atomic mass is 35.5. The summed E-state index contributed by atoms with van der Waals surface area (Å²) in [6.45, 7) is 0.775. The molecular formula is C18H19ClFNO2. The molecule has 1 N–H and O–H groups in total. The molecule has 3 nitrogen and oxygen atoms in total. The number of carboxylic acids is 1. The summed E-state index contributed by atoms with van der Waals surface area (Å²) >= 11 is 0. The molecule has 0 radical (unpaired) electrons. The maximum atomic E-state index is 12.9. The molecule has 2 rings (SSSR count). The molecule has 0 aliphatic rings. The summed E-state index contributed by atoms with van der Waals surface area (Å²) in [5.41, 5.74) is 1.96. The number of aromatic nitrogens is 1. The zero-order valence-corrected chi connectivity index (χ0v) is 13.4. The third kappa shape index (κ3) is 6.61. The van der Waals surface area contributed by atoms with Gasteiger partial charge in [-0.1, -0.05) is 12.1 Å². The molecule has 0 bridgehead atoms. The quantitative estimate of drug-likeness (QED) is 0.593. The zero-order valence-electron chi connectivity index (χ0n) is 12.7. The van der Waals surface area contributed by atoms with Gasteiger partial charge < -0.3 is 17.5 Å². The first-order valence-electron chi connectivity index (χ1n) is 7.29. The molecule has 0 aliphatic carbocycles. The molecule has 0 amide bonds. The maximum Gasteiger partial charge on any atom is 0.303 e. The average Bonchev–Trinajstić information content (AvgIpc) is 2.52. The van der Waals surface area contributed by atoms with Crippen LogP contribution in [-0.4, -0.2) is 11.1 Å². The molecular weight excluding hydrogens is 317 g/mol. The molecule has 0 unspecified atom stereocenters. The molecule has 0 saturated carbocycles. The van der Waals surface area contributed by atoms with E-state index in [-0.39, 0.29) is 24.6 Å². The summed E-state index contributed by atoms with van der Waals surface area (Å²) in [7, 11) is 0. The number of halogens is 2. The Bertz CT molecular complexity index is 656. The van der Waals surface area contributed by atoms with Gasteiger partial charge in [-0.2, -0.15) is 4.57 Å². The van der Waals surface area contributed by atoms with Crippen molar-refractivity contribution in [1.82, 2.24) is 0 Å². The number of rotatable bonds is 7. The minimum absolute atomic E-state index is 0. The predicted molar refractivity (Wildman–Crippen MR) is 83.5 cm³/mol. The minimum atomic E-state index is -0.755. The van der Waals surface area contributed by atoms with Crippen LogP contribution in [0.4, 0.5) is 4.39 Å². The smallest absolute Gasteiger partial charge is 0.303 e. The normalized spacial score (nSPS) is 10.5. The van der Waals surface area contributed by atoms with E-state index in [1.807, 2.05) is 36.5 Å². The molecule has 0 atom stereocenters. The van der Waals surface area contributed by atoms with Crippen molar-refractivity contribution in [2.45, 2.75) is 25.8 Å². The second kappa shape index (κ2) is 9.74. The van der Waals surface area contributed by atoms with E-state index in [2.05, 4.69) is 4.57 Å². The van der Waals surface area contributed by atoms with Crippen molar-refractivity contribution in [2.75, 3.05) is 0 Å². The SMILES string of the molecule is O=C(O)CCCC[n+]1ccccc1/C=C/c1ccc(F)cc1.[Cl-]. The number of pyridine rings is 1. The van der Waals surface area contributed by atoms with Crippen LogP contribution in [0.2, 0.25) is 0 Å². The first-order valence-corrected chi connectivity index (χ1v) is 7.29. The first-order chi connectivity index (χ1) is 10.6. The van der Waals surface area contributed by atoms with E-state index >= 15 is 0 Å². The summed E-state index contributed by atoms with van der Waals surface area (Å²) in [4.78, 5) is 10.5. The lowest BCUT2D eigenvalue weighted by Crippen LogP contribution is -3.00. The molecule has 0 saturated heterocycles. The fraction of sp³-hybridized carbons (Fsp3) is 0.222. The molecule has 23 heavy (non-hydrogen) atoms. The third-order valence-corrected chi connectivity index (χ3v) is 3.33. The van der Waals surface area contributed by atoms with Crippen LogP contribution in [0.15, 0.2) is 48.7 Å². The Labute approximate surface area is 141 Å². The van der Waals surface area contributed by atoms with Crippen molar-refractivity contribution < 1.29 is 31.3 Å². The number of aliphatic carboxylic acids is 1. The Kier molecular flexibility index (Phi) is 7.98. The molecule has 1 aromatic carbocycles. The number of unbranched alkanes of at least 4 members (excludes halogenated alkanes) is 1. The topological polar surface area (TPSA) is 41.2 Å². The van der Waals surface area contributed by atoms with E-state index < -0.39 is 5.97 Å². The van der Waals surface area contributed by atoms with Crippen LogP contribution < -0.4 is 17.0 Å². The summed E-state index contributed by atoms with van der Waals surface area (Å²) in [5, 5.41) is 8.65. The third-order valence-electron chi connectivity index (χ3n) is 3.33. The number of nitrogens with zero attached hydrogens (tertiary/aromatic N) is 1. The summed E-state index contributed by atoms with van der Waals surface area (Å²) in [6.07, 6.45) is 7.57. The highest BCUT2D eigenvalue weighted by Gasteiger charge is 2.06. The Morgan fingerprint density at radius 3 is 2.52 bits per heavy atom. The molecule has 0 fully saturated rings. The highest BCUT2D eigenvalue weighted by Crippen LogP contribution is 2.07. The standard InChI is InChI=1S/C18H18FNO2.ClH/c19-16-10-7-15(8-11-16)9-12-17-5-1-3-13-20(17)14-4-2-6-18(21)22;/h1,3,5,7-13H,2,4,6,14H2;1H/b12-9+;. The summed E-state index contributed by atoms with van der Waals surface area (Å²) in [5.74, 6) is -1.00. The first kappa shape index (κ1) is 18.8. The molecule has 1 aromatic heterocycles. The van der Waals surface area contributed by atoms with Crippen LogP contribution in [-0.2, 0) is 11.3 Å². The van der Waals surface area contributed by atoms with Gasteiger partial charge >= 0.3 is 5.97 Å². The summed E-state index contributed by atoms with van der Waals surface area (Å²) in [6, 6.07) is 12.2. The largest absolute Gasteiger partial charge is 1.00 e. The predicted octanol–water partition coefficient (Wildman–Crippen LogP) is 0.542. The van der Waals surface area contributed by atoms with E-state index in [1.54, 1.807) is 12.1 Å². The molecule has 122 valence electrons. The lowest BCUT2D eigenvalue weighted by Gasteiger charge is -2.00. The van der Waals surface area contributed by atoms with Crippen LogP contribution in [0.25, 0.3) is 12.2 Å². The van der Waals surface area contributed by atoms with Crippen LogP contribution in [0, 0.1) is 5.82 Å². The van der Waals surface area contributed by atoms with Gasteiger partial charge in [-0.05, 0) is 36.3 Å². The zero-order chi connectivity index (χ0) is 15.8. The van der Waals surface area contributed by atoms with Gasteiger partial charge in [0.15, 0.2) is 6.20 Å². The van der Waals surface area contributed by atoms with E-state index in [0.717, 1.165) is 24.2 Å². The van der Waals surface area contributed by atoms with E-state index in [0.29, 0.717) is 6.42 Å². The molecule has 5 heteroatoms. The fourth-order valence-corrected chi connectivity index (χ4v) is 2.16. The number of carboxylic acid groups (broad SMARTS) is 1. The monoisotopic (exact) mass is 335 g/mol. The van der Waals surface area contributed by atoms with E-state index in [4.69, 9.17) is 5.11 Å². The van der Waals surface area contributed by atoms with Crippen molar-refractivity contribution in [3.05, 3.63) is 65.7 Å². The second-order valence-electron chi connectivity index (χ2n) is 5.05. The number of aryl methyl sites for hydroxylation is 1. The summed E-state index contributed by atoms with van der Waals surface area (Å²) < 4.78 is 15.0. The van der Waals surface area contributed by atoms with Crippen LogP contribution >= 0.6 is 0 Å². The van der Waals surface area contributed by atoms with Crippen molar-refractivity contribution in [1.29, 1.82) is 0 Å². The van der Waals surface area contributed by atoms with Gasteiger partial charge in [0.05, 0.1) is 0 Å². The molecule has 2 aromatic rings. The number of carbonyl (C=O) groups is 1. The van der Waals surface area contributed by atoms with Crippen molar-refractivity contribution >= 4 is 18.1 Å². The fourth-order valence-electron chi connectivity index (χ4n) is 2.16. The number of hydrogen-bond donors (Lipinski definition) is 1. The molecule has 0 aliphatic heterocycles. The molecule has 0 spiro atoms. The van der Waals surface area contributed by atoms with Crippen molar-refractivity contribution in [3.8, 4) is 0 Å². The molecule has 1 heterocycles. The lowest BCUT2D eigenvalue weighted by atomic mass is 10.2. The van der Waals surface area contributed by atoms with Gasteiger partial charge in [-0.15, -0.1) is 0 Å².